The van der Waals surface area contributed by atoms with Crippen LogP contribution >= 0.6 is 15.9 Å². The molecule has 0 aromatic heterocycles. The van der Waals surface area contributed by atoms with E-state index in [0.29, 0.717) is 0 Å². The minimum atomic E-state index is -1.43. The monoisotopic (exact) mass is 281 g/mol. The lowest BCUT2D eigenvalue weighted by Crippen LogP contribution is -2.48. The van der Waals surface area contributed by atoms with Crippen molar-refractivity contribution in [2.75, 3.05) is 0 Å². The summed E-state index contributed by atoms with van der Waals surface area (Å²) in [5, 5.41) is 8.87. The molecular weight excluding hydrogens is 266 g/mol. The van der Waals surface area contributed by atoms with Crippen LogP contribution in [0.4, 0.5) is 0 Å². The van der Waals surface area contributed by atoms with Crippen LogP contribution in [0.5, 0.6) is 0 Å². The van der Waals surface area contributed by atoms with Crippen LogP contribution in [0.15, 0.2) is 0 Å². The topological polar surface area (TPSA) is 89.6 Å². The molecule has 0 amide bonds. The van der Waals surface area contributed by atoms with Crippen molar-refractivity contribution >= 4 is 27.9 Å². The van der Waals surface area contributed by atoms with Crippen molar-refractivity contribution in [3.05, 3.63) is 0 Å². The van der Waals surface area contributed by atoms with E-state index in [-0.39, 0.29) is 0 Å². The molecule has 6 heteroatoms. The highest BCUT2D eigenvalue weighted by Crippen LogP contribution is 2.24. The molecule has 88 valence electrons. The molecule has 0 aliphatic carbocycles. The Morgan fingerprint density at radius 1 is 1.33 bits per heavy atom. The molecule has 0 aromatic carbocycles. The van der Waals surface area contributed by atoms with Crippen molar-refractivity contribution < 1.29 is 19.4 Å². The van der Waals surface area contributed by atoms with Crippen LogP contribution in [0.3, 0.4) is 0 Å². The zero-order valence-electron chi connectivity index (χ0n) is 9.20. The van der Waals surface area contributed by atoms with Gasteiger partial charge in [0.25, 0.3) is 0 Å². The first-order valence-electron chi connectivity index (χ1n) is 4.38. The van der Waals surface area contributed by atoms with Gasteiger partial charge < -0.3 is 15.6 Å². The molecule has 15 heavy (non-hydrogen) atoms. The van der Waals surface area contributed by atoms with E-state index in [9.17, 15) is 9.59 Å². The van der Waals surface area contributed by atoms with E-state index < -0.39 is 27.9 Å². The number of ether oxygens (including phenoxy) is 1. The molecule has 2 atom stereocenters. The molecule has 0 aliphatic heterocycles. The molecule has 2 unspecified atom stereocenters. The lowest BCUT2D eigenvalue weighted by atomic mass is 10.0. The highest BCUT2D eigenvalue weighted by molar-refractivity contribution is 9.10. The van der Waals surface area contributed by atoms with Gasteiger partial charge in [0, 0.05) is 0 Å². The first-order chi connectivity index (χ1) is 6.45. The third kappa shape index (κ3) is 5.13. The molecule has 0 aromatic rings. The van der Waals surface area contributed by atoms with Crippen molar-refractivity contribution in [1.82, 2.24) is 0 Å². The molecule has 0 heterocycles. The smallest absolute Gasteiger partial charge is 0.323 e. The lowest BCUT2D eigenvalue weighted by molar-refractivity contribution is -0.167. The van der Waals surface area contributed by atoms with Gasteiger partial charge in [-0.1, -0.05) is 15.9 Å². The minimum Gasteiger partial charge on any atom is -0.481 e. The van der Waals surface area contributed by atoms with Gasteiger partial charge in [-0.2, -0.15) is 0 Å². The number of alkyl halides is 1. The second kappa shape index (κ2) is 4.49. The summed E-state index contributed by atoms with van der Waals surface area (Å²) in [6.07, 6.45) is 0. The maximum atomic E-state index is 11.5. The van der Waals surface area contributed by atoms with Crippen molar-refractivity contribution in [2.24, 2.45) is 11.7 Å². The maximum absolute atomic E-state index is 11.5. The van der Waals surface area contributed by atoms with Crippen LogP contribution < -0.4 is 5.73 Å². The average Bonchev–Trinajstić information content (AvgIpc) is 1.74. The summed E-state index contributed by atoms with van der Waals surface area (Å²) in [5.74, 6) is -3.60. The van der Waals surface area contributed by atoms with Gasteiger partial charge in [0.15, 0.2) is 5.92 Å². The predicted molar refractivity (Wildman–Crippen MR) is 58.5 cm³/mol. The highest BCUT2D eigenvalue weighted by Gasteiger charge is 2.42. The Balaban J connectivity index is 4.82. The van der Waals surface area contributed by atoms with Gasteiger partial charge in [-0.25, -0.2) is 0 Å². The van der Waals surface area contributed by atoms with Crippen LogP contribution in [0.25, 0.3) is 0 Å². The fourth-order valence-corrected chi connectivity index (χ4v) is 1.32. The molecular formula is C9H16BrNO4. The van der Waals surface area contributed by atoms with E-state index in [0.717, 1.165) is 0 Å². The van der Waals surface area contributed by atoms with Gasteiger partial charge in [0.1, 0.15) is 5.60 Å². The van der Waals surface area contributed by atoms with E-state index >= 15 is 0 Å². The van der Waals surface area contributed by atoms with Crippen molar-refractivity contribution in [3.8, 4) is 0 Å². The predicted octanol–water partition coefficient (Wildman–Crippen LogP) is 1.10. The summed E-state index contributed by atoms with van der Waals surface area (Å²) in [7, 11) is 0. The number of carboxylic acids is 1. The SMILES string of the molecule is CC(C)(C)OC(=O)C(C(=O)O)C(C)(N)Br. The van der Waals surface area contributed by atoms with Gasteiger partial charge in [0.2, 0.25) is 0 Å². The number of hydrogen-bond acceptors (Lipinski definition) is 4. The Bertz CT molecular complexity index is 264. The van der Waals surface area contributed by atoms with E-state index in [1.54, 1.807) is 20.8 Å². The Labute approximate surface area is 97.1 Å². The van der Waals surface area contributed by atoms with Crippen LogP contribution in [-0.4, -0.2) is 27.1 Å². The van der Waals surface area contributed by atoms with E-state index in [1.165, 1.54) is 6.92 Å². The quantitative estimate of drug-likeness (QED) is 0.350. The summed E-state index contributed by atoms with van der Waals surface area (Å²) < 4.78 is 3.63. The zero-order chi connectivity index (χ0) is 12.4. The Morgan fingerprint density at radius 3 is 1.93 bits per heavy atom. The second-order valence-corrected chi connectivity index (χ2v) is 6.16. The minimum absolute atomic E-state index is 0.733. The molecule has 0 aliphatic rings. The Kier molecular flexibility index (Phi) is 4.30. The molecule has 0 radical (unpaired) electrons. The normalized spacial score (nSPS) is 17.7. The molecule has 0 bridgehead atoms. The van der Waals surface area contributed by atoms with Crippen molar-refractivity contribution in [1.29, 1.82) is 0 Å². The molecule has 5 nitrogen and oxygen atoms in total. The summed E-state index contributed by atoms with van der Waals surface area (Å²) in [6.45, 7) is 6.37. The largest absolute Gasteiger partial charge is 0.481 e. The standard InChI is InChI=1S/C9H16BrNO4/c1-8(2,3)15-7(14)5(6(12)13)9(4,10)11/h5H,11H2,1-4H3,(H,12,13). The number of carboxylic acid groups (broad SMARTS) is 1. The number of nitrogens with two attached hydrogens (primary N) is 1. The second-order valence-electron chi connectivity index (χ2n) is 4.46. The van der Waals surface area contributed by atoms with Gasteiger partial charge in [-0.05, 0) is 27.7 Å². The number of hydrogen-bond donors (Lipinski definition) is 2. The van der Waals surface area contributed by atoms with E-state index in [2.05, 4.69) is 15.9 Å². The zero-order valence-corrected chi connectivity index (χ0v) is 10.8. The van der Waals surface area contributed by atoms with Crippen molar-refractivity contribution in [2.45, 2.75) is 37.7 Å². The van der Waals surface area contributed by atoms with Crippen molar-refractivity contribution in [3.63, 3.8) is 0 Å². The van der Waals surface area contributed by atoms with E-state index in [1.807, 2.05) is 0 Å². The average molecular weight is 282 g/mol. The third-order valence-electron chi connectivity index (χ3n) is 1.45. The number of carbonyl (C=O) groups excluding carboxylic acids is 1. The maximum Gasteiger partial charge on any atom is 0.323 e. The number of aliphatic carboxylic acids is 1. The summed E-state index contributed by atoms with van der Waals surface area (Å²) in [4.78, 5) is 22.4. The highest BCUT2D eigenvalue weighted by atomic mass is 79.9. The number of esters is 1. The first kappa shape index (κ1) is 14.4. The number of carbonyl (C=O) groups is 2. The van der Waals surface area contributed by atoms with E-state index in [4.69, 9.17) is 15.6 Å². The van der Waals surface area contributed by atoms with Gasteiger partial charge in [0.05, 0.1) is 4.45 Å². The fraction of sp³-hybridized carbons (Fsp3) is 0.778. The summed E-state index contributed by atoms with van der Waals surface area (Å²) >= 11 is 2.95. The molecule has 3 N–H and O–H groups in total. The Morgan fingerprint density at radius 2 is 1.73 bits per heavy atom. The van der Waals surface area contributed by atoms with Gasteiger partial charge >= 0.3 is 11.9 Å². The fourth-order valence-electron chi connectivity index (χ4n) is 0.933. The molecule has 0 saturated heterocycles. The first-order valence-corrected chi connectivity index (χ1v) is 5.18. The molecule has 0 saturated carbocycles. The molecule has 0 fully saturated rings. The third-order valence-corrected chi connectivity index (χ3v) is 1.91. The lowest BCUT2D eigenvalue weighted by Gasteiger charge is -2.27. The van der Waals surface area contributed by atoms with Crippen LogP contribution in [0.1, 0.15) is 27.7 Å². The van der Waals surface area contributed by atoms with Crippen LogP contribution in [0, 0.1) is 5.92 Å². The van der Waals surface area contributed by atoms with Crippen LogP contribution in [-0.2, 0) is 14.3 Å². The number of rotatable bonds is 3. The van der Waals surface area contributed by atoms with Gasteiger partial charge in [-0.15, -0.1) is 0 Å². The Hall–Kier alpha value is -0.620. The van der Waals surface area contributed by atoms with Gasteiger partial charge in [-0.3, -0.25) is 9.59 Å². The molecule has 0 rings (SSSR count). The van der Waals surface area contributed by atoms with Crippen LogP contribution in [0.2, 0.25) is 0 Å². The summed E-state index contributed by atoms with van der Waals surface area (Å²) in [6, 6.07) is 0. The molecule has 0 spiro atoms. The summed E-state index contributed by atoms with van der Waals surface area (Å²) in [5.41, 5.74) is 4.80. The number of halogens is 1.